The van der Waals surface area contributed by atoms with E-state index in [9.17, 15) is 0 Å². The summed E-state index contributed by atoms with van der Waals surface area (Å²) in [7, 11) is 0. The molecule has 0 atom stereocenters. The summed E-state index contributed by atoms with van der Waals surface area (Å²) in [5.74, 6) is 1.17. The lowest BCUT2D eigenvalue weighted by Gasteiger charge is -2.20. The Labute approximate surface area is 163 Å². The third-order valence-electron chi connectivity index (χ3n) is 5.05. The van der Waals surface area contributed by atoms with Gasteiger partial charge in [-0.15, -0.1) is 0 Å². The second-order valence-electron chi connectivity index (χ2n) is 6.70. The minimum Gasteiger partial charge on any atom is -0.492 e. The lowest BCUT2D eigenvalue weighted by atomic mass is 9.85. The molecule has 3 aromatic carbocycles. The van der Waals surface area contributed by atoms with Gasteiger partial charge in [-0.05, 0) is 41.9 Å². The molecule has 0 heterocycles. The van der Waals surface area contributed by atoms with Gasteiger partial charge >= 0.3 is 0 Å². The summed E-state index contributed by atoms with van der Waals surface area (Å²) in [6, 6.07) is 29.9. The number of nitrogens with zero attached hydrogens (tertiary/aromatic N) is 1. The van der Waals surface area contributed by atoms with E-state index < -0.39 is 0 Å². The van der Waals surface area contributed by atoms with Gasteiger partial charge in [-0.3, -0.25) is 0 Å². The summed E-state index contributed by atoms with van der Waals surface area (Å²) in [5.41, 5.74) is 3.89. The van der Waals surface area contributed by atoms with E-state index in [1.54, 1.807) is 0 Å². The standard InChI is InChI=1S/C25H29NO/c1-3-26(4-2)19-20-27-24-17-15-23(16-18-24)25(21-11-7-5-8-12-21)22-13-9-6-10-14-22/h5-18,25H,3-4,19-20H2,1-2H3. The fourth-order valence-corrected chi connectivity index (χ4v) is 3.46. The van der Waals surface area contributed by atoms with Crippen LogP contribution in [0.25, 0.3) is 0 Å². The summed E-state index contributed by atoms with van der Waals surface area (Å²) < 4.78 is 5.94. The summed E-state index contributed by atoms with van der Waals surface area (Å²) >= 11 is 0. The first-order chi connectivity index (χ1) is 13.3. The second kappa shape index (κ2) is 9.94. The Balaban J connectivity index is 1.76. The van der Waals surface area contributed by atoms with Crippen molar-refractivity contribution in [3.05, 3.63) is 102 Å². The molecule has 0 fully saturated rings. The van der Waals surface area contributed by atoms with Crippen molar-refractivity contribution < 1.29 is 4.74 Å². The van der Waals surface area contributed by atoms with Crippen molar-refractivity contribution in [1.82, 2.24) is 4.90 Å². The molecule has 3 rings (SSSR count). The van der Waals surface area contributed by atoms with Gasteiger partial charge in [-0.2, -0.15) is 0 Å². The lowest BCUT2D eigenvalue weighted by Crippen LogP contribution is -2.27. The van der Waals surface area contributed by atoms with Gasteiger partial charge in [0.1, 0.15) is 12.4 Å². The highest BCUT2D eigenvalue weighted by Gasteiger charge is 2.16. The number of benzene rings is 3. The number of hydrogen-bond acceptors (Lipinski definition) is 2. The minimum atomic E-state index is 0.233. The molecule has 0 amide bonds. The van der Waals surface area contributed by atoms with Crippen LogP contribution >= 0.6 is 0 Å². The van der Waals surface area contributed by atoms with Crippen LogP contribution in [0.3, 0.4) is 0 Å². The smallest absolute Gasteiger partial charge is 0.119 e. The molecule has 140 valence electrons. The zero-order chi connectivity index (χ0) is 18.9. The number of likely N-dealkylation sites (N-methyl/N-ethyl adjacent to an activating group) is 1. The zero-order valence-corrected chi connectivity index (χ0v) is 16.3. The van der Waals surface area contributed by atoms with Gasteiger partial charge in [-0.25, -0.2) is 0 Å². The lowest BCUT2D eigenvalue weighted by molar-refractivity contribution is 0.223. The van der Waals surface area contributed by atoms with Gasteiger partial charge < -0.3 is 9.64 Å². The Morgan fingerprint density at radius 3 is 1.63 bits per heavy atom. The summed E-state index contributed by atoms with van der Waals surface area (Å²) in [6.07, 6.45) is 0. The van der Waals surface area contributed by atoms with Crippen LogP contribution in [0.2, 0.25) is 0 Å². The molecule has 0 bridgehead atoms. The van der Waals surface area contributed by atoms with Crippen molar-refractivity contribution in [3.8, 4) is 5.75 Å². The van der Waals surface area contributed by atoms with Crippen molar-refractivity contribution >= 4 is 0 Å². The Kier molecular flexibility index (Phi) is 7.06. The van der Waals surface area contributed by atoms with E-state index in [1.165, 1.54) is 16.7 Å². The van der Waals surface area contributed by atoms with Crippen LogP contribution < -0.4 is 4.74 Å². The second-order valence-corrected chi connectivity index (χ2v) is 6.70. The Bertz CT molecular complexity index is 740. The molecule has 0 aromatic heterocycles. The van der Waals surface area contributed by atoms with Crippen molar-refractivity contribution in [3.63, 3.8) is 0 Å². The highest BCUT2D eigenvalue weighted by Crippen LogP contribution is 2.32. The first-order valence-electron chi connectivity index (χ1n) is 9.86. The molecule has 27 heavy (non-hydrogen) atoms. The normalized spacial score (nSPS) is 11.1. The average molecular weight is 360 g/mol. The topological polar surface area (TPSA) is 12.5 Å². The first kappa shape index (κ1) is 19.2. The van der Waals surface area contributed by atoms with Gasteiger partial charge in [0.25, 0.3) is 0 Å². The highest BCUT2D eigenvalue weighted by molar-refractivity contribution is 5.44. The van der Waals surface area contributed by atoms with E-state index in [4.69, 9.17) is 4.74 Å². The van der Waals surface area contributed by atoms with E-state index >= 15 is 0 Å². The molecular formula is C25H29NO. The predicted molar refractivity (Wildman–Crippen MR) is 114 cm³/mol. The fourth-order valence-electron chi connectivity index (χ4n) is 3.46. The SMILES string of the molecule is CCN(CC)CCOc1ccc(C(c2ccccc2)c2ccccc2)cc1. The van der Waals surface area contributed by atoms with Crippen LogP contribution in [0.5, 0.6) is 5.75 Å². The molecule has 0 radical (unpaired) electrons. The third kappa shape index (κ3) is 5.21. The number of hydrogen-bond donors (Lipinski definition) is 0. The molecular weight excluding hydrogens is 330 g/mol. The van der Waals surface area contributed by atoms with E-state index in [1.807, 2.05) is 0 Å². The molecule has 0 aliphatic rings. The van der Waals surface area contributed by atoms with E-state index in [2.05, 4.69) is 104 Å². The molecule has 2 heteroatoms. The van der Waals surface area contributed by atoms with E-state index in [0.29, 0.717) is 0 Å². The number of ether oxygens (including phenoxy) is 1. The van der Waals surface area contributed by atoms with Crippen molar-refractivity contribution in [1.29, 1.82) is 0 Å². The largest absolute Gasteiger partial charge is 0.492 e. The maximum Gasteiger partial charge on any atom is 0.119 e. The summed E-state index contributed by atoms with van der Waals surface area (Å²) in [4.78, 5) is 2.37. The molecule has 0 spiro atoms. The van der Waals surface area contributed by atoms with Gasteiger partial charge in [-0.1, -0.05) is 86.6 Å². The van der Waals surface area contributed by atoms with Crippen molar-refractivity contribution in [2.45, 2.75) is 19.8 Å². The monoisotopic (exact) mass is 359 g/mol. The van der Waals surface area contributed by atoms with Gasteiger partial charge in [0.2, 0.25) is 0 Å². The molecule has 0 unspecified atom stereocenters. The van der Waals surface area contributed by atoms with Crippen LogP contribution in [0.4, 0.5) is 0 Å². The van der Waals surface area contributed by atoms with Crippen LogP contribution in [-0.4, -0.2) is 31.1 Å². The average Bonchev–Trinajstić information content (AvgIpc) is 2.74. The van der Waals surface area contributed by atoms with E-state index in [-0.39, 0.29) is 5.92 Å². The quantitative estimate of drug-likeness (QED) is 0.462. The van der Waals surface area contributed by atoms with Crippen LogP contribution in [0.1, 0.15) is 36.5 Å². The fraction of sp³-hybridized carbons (Fsp3) is 0.280. The minimum absolute atomic E-state index is 0.233. The third-order valence-corrected chi connectivity index (χ3v) is 5.05. The molecule has 0 N–H and O–H groups in total. The van der Waals surface area contributed by atoms with Gasteiger partial charge in [0, 0.05) is 12.5 Å². The zero-order valence-electron chi connectivity index (χ0n) is 16.3. The Morgan fingerprint density at radius 1 is 0.667 bits per heavy atom. The summed E-state index contributed by atoms with van der Waals surface area (Å²) in [5, 5.41) is 0. The highest BCUT2D eigenvalue weighted by atomic mass is 16.5. The van der Waals surface area contributed by atoms with Crippen molar-refractivity contribution in [2.75, 3.05) is 26.2 Å². The van der Waals surface area contributed by atoms with Gasteiger partial charge in [0.05, 0.1) is 0 Å². The van der Waals surface area contributed by atoms with Crippen LogP contribution in [-0.2, 0) is 0 Å². The molecule has 0 aliphatic heterocycles. The van der Waals surface area contributed by atoms with Gasteiger partial charge in [0.15, 0.2) is 0 Å². The molecule has 0 saturated carbocycles. The number of rotatable bonds is 9. The molecule has 3 aromatic rings. The maximum atomic E-state index is 5.94. The molecule has 0 saturated heterocycles. The Morgan fingerprint density at radius 2 is 1.15 bits per heavy atom. The first-order valence-corrected chi connectivity index (χ1v) is 9.86. The predicted octanol–water partition coefficient (Wildman–Crippen LogP) is 5.59. The molecule has 0 aliphatic carbocycles. The van der Waals surface area contributed by atoms with Crippen LogP contribution in [0, 0.1) is 0 Å². The van der Waals surface area contributed by atoms with Crippen molar-refractivity contribution in [2.24, 2.45) is 0 Å². The maximum absolute atomic E-state index is 5.94. The van der Waals surface area contributed by atoms with Crippen LogP contribution in [0.15, 0.2) is 84.9 Å². The summed E-state index contributed by atoms with van der Waals surface area (Å²) in [6.45, 7) is 8.19. The molecule has 2 nitrogen and oxygen atoms in total. The Hall–Kier alpha value is -2.58. The van der Waals surface area contributed by atoms with E-state index in [0.717, 1.165) is 32.0 Å².